The minimum Gasteiger partial charge on any atom is -0.394 e. The van der Waals surface area contributed by atoms with E-state index >= 15 is 0 Å². The van der Waals surface area contributed by atoms with Crippen molar-refractivity contribution in [1.29, 1.82) is 0 Å². The van der Waals surface area contributed by atoms with Gasteiger partial charge in [0.25, 0.3) is 0 Å². The summed E-state index contributed by atoms with van der Waals surface area (Å²) in [6.07, 6.45) is -12.7. The molecule has 5 saturated heterocycles. The molecule has 0 amide bonds. The zero-order chi connectivity index (χ0) is 44.2. The molecule has 62 heavy (non-hydrogen) atoms. The van der Waals surface area contributed by atoms with Crippen LogP contribution in [0.1, 0.15) is 98.8 Å². The molecule has 356 valence electrons. The summed E-state index contributed by atoms with van der Waals surface area (Å²) in [5.41, 5.74) is 0.311. The molecular formula is C45H74O17. The minimum absolute atomic E-state index is 0.0972. The average Bonchev–Trinajstić information content (AvgIpc) is 3.70. The molecule has 9 fully saturated rings. The Morgan fingerprint density at radius 3 is 1.94 bits per heavy atom. The smallest absolute Gasteiger partial charge is 0.187 e. The molecule has 9 N–H and O–H groups in total. The maximum absolute atomic E-state index is 12.0. The van der Waals surface area contributed by atoms with Crippen LogP contribution < -0.4 is 0 Å². The van der Waals surface area contributed by atoms with Gasteiger partial charge in [0, 0.05) is 12.3 Å². The van der Waals surface area contributed by atoms with Gasteiger partial charge in [-0.1, -0.05) is 27.7 Å². The van der Waals surface area contributed by atoms with Crippen molar-refractivity contribution in [2.75, 3.05) is 19.8 Å². The Hall–Kier alpha value is -0.680. The van der Waals surface area contributed by atoms with Crippen molar-refractivity contribution in [2.45, 2.75) is 209 Å². The molecular weight excluding hydrogens is 812 g/mol. The fraction of sp³-hybridized carbons (Fsp3) is 1.00. The summed E-state index contributed by atoms with van der Waals surface area (Å²) in [6.45, 7) is 10.6. The molecule has 1 spiro atoms. The van der Waals surface area contributed by atoms with Gasteiger partial charge in [-0.3, -0.25) is 0 Å². The van der Waals surface area contributed by atoms with E-state index in [2.05, 4.69) is 27.7 Å². The first-order valence-corrected chi connectivity index (χ1v) is 23.7. The monoisotopic (exact) mass is 886 g/mol. The summed E-state index contributed by atoms with van der Waals surface area (Å²) < 4.78 is 50.0. The van der Waals surface area contributed by atoms with Crippen molar-refractivity contribution < 1.29 is 83.9 Å². The summed E-state index contributed by atoms with van der Waals surface area (Å²) in [5.74, 6) is 3.15. The van der Waals surface area contributed by atoms with E-state index in [1.54, 1.807) is 0 Å². The highest BCUT2D eigenvalue weighted by Crippen LogP contribution is 2.71. The van der Waals surface area contributed by atoms with Gasteiger partial charge in [0.05, 0.1) is 38.1 Å². The Bertz CT molecular complexity index is 1550. The Morgan fingerprint density at radius 2 is 1.24 bits per heavy atom. The van der Waals surface area contributed by atoms with Crippen LogP contribution in [0.15, 0.2) is 0 Å². The van der Waals surface area contributed by atoms with Crippen molar-refractivity contribution in [3.63, 3.8) is 0 Å². The van der Waals surface area contributed by atoms with Crippen molar-refractivity contribution in [3.8, 4) is 0 Å². The summed E-state index contributed by atoms with van der Waals surface area (Å²) in [7, 11) is 0. The second-order valence-electron chi connectivity index (χ2n) is 21.5. The normalized spacial score (nSPS) is 58.9. The van der Waals surface area contributed by atoms with Crippen molar-refractivity contribution in [2.24, 2.45) is 52.3 Å². The quantitative estimate of drug-likeness (QED) is 0.149. The molecule has 0 aromatic heterocycles. The van der Waals surface area contributed by atoms with Gasteiger partial charge in [-0.2, -0.15) is 0 Å². The van der Waals surface area contributed by atoms with Crippen LogP contribution in [0.4, 0.5) is 0 Å². The van der Waals surface area contributed by atoms with Gasteiger partial charge in [-0.15, -0.1) is 0 Å². The molecule has 0 aromatic carbocycles. The predicted molar refractivity (Wildman–Crippen MR) is 214 cm³/mol. The van der Waals surface area contributed by atoms with Gasteiger partial charge in [-0.05, 0) is 111 Å². The number of rotatable bonds is 8. The lowest BCUT2D eigenvalue weighted by Gasteiger charge is -2.61. The largest absolute Gasteiger partial charge is 0.394 e. The number of aliphatic hydroxyl groups excluding tert-OH is 9. The Balaban J connectivity index is 0.902. The fourth-order valence-electron chi connectivity index (χ4n) is 14.6. The van der Waals surface area contributed by atoms with Gasteiger partial charge in [-0.25, -0.2) is 0 Å². The average molecular weight is 887 g/mol. The zero-order valence-electron chi connectivity index (χ0n) is 36.8. The number of fused-ring (bicyclic) bond motifs is 7. The van der Waals surface area contributed by atoms with Crippen LogP contribution in [0.2, 0.25) is 0 Å². The highest BCUT2D eigenvalue weighted by atomic mass is 16.8. The molecule has 9 rings (SSSR count). The maximum Gasteiger partial charge on any atom is 0.187 e. The zero-order valence-corrected chi connectivity index (χ0v) is 36.8. The SMILES string of the molecule is C[C@H]1CC[C@]2(OC1)O[C@H]1C[C@H]3[C@@H]4CC[C@@H]5C[C@@H](O[C@@H]6O[C@H](CO)[C@@H](O[C@@H]7O[C@@H](C)[C@H](O)[C@@H](O)[C@H]7O)[C@H](O)[C@H]6O[C@@H]6O[C@H](CO)[C@@H](O)[C@H](O)[C@H]6O)CC[C@]5(C)[C@H]4CC[C@]3(C)[C@H]1[C@@H]2C. The number of hydrogen-bond acceptors (Lipinski definition) is 17. The minimum atomic E-state index is -1.81. The van der Waals surface area contributed by atoms with Crippen LogP contribution in [0.3, 0.4) is 0 Å². The van der Waals surface area contributed by atoms with Crippen molar-refractivity contribution >= 4 is 0 Å². The molecule has 9 aliphatic rings. The van der Waals surface area contributed by atoms with E-state index < -0.39 is 111 Å². The molecule has 0 radical (unpaired) electrons. The highest BCUT2D eigenvalue weighted by molar-refractivity contribution is 5.15. The molecule has 27 atom stereocenters. The first-order valence-electron chi connectivity index (χ1n) is 23.7. The van der Waals surface area contributed by atoms with E-state index in [-0.39, 0.29) is 23.0 Å². The highest BCUT2D eigenvalue weighted by Gasteiger charge is 2.69. The lowest BCUT2D eigenvalue weighted by Crippen LogP contribution is -2.67. The van der Waals surface area contributed by atoms with Crippen LogP contribution in [0.25, 0.3) is 0 Å². The molecule has 5 heterocycles. The third-order valence-corrected chi connectivity index (χ3v) is 18.2. The number of ether oxygens (including phenoxy) is 8. The molecule has 17 heteroatoms. The van der Waals surface area contributed by atoms with Gasteiger partial charge in [0.2, 0.25) is 0 Å². The van der Waals surface area contributed by atoms with Crippen molar-refractivity contribution in [1.82, 2.24) is 0 Å². The van der Waals surface area contributed by atoms with E-state index in [0.717, 1.165) is 51.6 Å². The van der Waals surface area contributed by atoms with Gasteiger partial charge in [0.15, 0.2) is 24.7 Å². The Morgan fingerprint density at radius 1 is 0.581 bits per heavy atom. The summed E-state index contributed by atoms with van der Waals surface area (Å²) in [4.78, 5) is 0. The molecule has 0 unspecified atom stereocenters. The third-order valence-electron chi connectivity index (χ3n) is 18.2. The topological polar surface area (TPSA) is 256 Å². The molecule has 5 aliphatic heterocycles. The molecule has 4 saturated carbocycles. The second-order valence-corrected chi connectivity index (χ2v) is 21.5. The molecule has 0 bridgehead atoms. The van der Waals surface area contributed by atoms with E-state index in [1.165, 1.54) is 19.8 Å². The van der Waals surface area contributed by atoms with Crippen LogP contribution in [-0.2, 0) is 37.9 Å². The van der Waals surface area contributed by atoms with E-state index in [9.17, 15) is 46.0 Å². The molecule has 17 nitrogen and oxygen atoms in total. The van der Waals surface area contributed by atoms with Crippen LogP contribution in [-0.4, -0.2) is 176 Å². The van der Waals surface area contributed by atoms with Gasteiger partial charge < -0.3 is 83.9 Å². The van der Waals surface area contributed by atoms with Gasteiger partial charge in [0.1, 0.15) is 67.1 Å². The first kappa shape index (κ1) is 46.4. The van der Waals surface area contributed by atoms with E-state index in [0.29, 0.717) is 47.8 Å². The van der Waals surface area contributed by atoms with Crippen LogP contribution in [0.5, 0.6) is 0 Å². The third kappa shape index (κ3) is 7.56. The summed E-state index contributed by atoms with van der Waals surface area (Å²) in [6, 6.07) is 0. The summed E-state index contributed by atoms with van der Waals surface area (Å²) >= 11 is 0. The maximum atomic E-state index is 12.0. The standard InChI is InChI=1S/C45H74O17/c1-19-8-13-45(55-18-19)20(2)30-27(62-45)15-26-24-7-6-22-14-23(9-11-43(22,4)25(24)10-12-44(26,30)5)57-42-39(61-41-36(53)34(51)32(49)28(16-46)58-41)37(54)38(29(17-47)59-42)60-40-35(52)33(50)31(48)21(3)56-40/h19-42,46-54H,6-18H2,1-5H3/t19-,20-,21-,22+,23-,24+,25-,26-,27-,28+,29+,30-,31-,32+,33+,34-,35+,36+,37-,38+,39+,40-,41-,42+,43-,44-,45-/m0/s1. The Labute approximate surface area is 364 Å². The lowest BCUT2D eigenvalue weighted by atomic mass is 9.44. The lowest BCUT2D eigenvalue weighted by molar-refractivity contribution is -0.391. The molecule has 4 aliphatic carbocycles. The van der Waals surface area contributed by atoms with Crippen LogP contribution >= 0.6 is 0 Å². The summed E-state index contributed by atoms with van der Waals surface area (Å²) in [5, 5.41) is 95.9. The van der Waals surface area contributed by atoms with E-state index in [1.807, 2.05) is 0 Å². The first-order chi connectivity index (χ1) is 29.4. The molecule has 0 aromatic rings. The number of aliphatic hydroxyl groups is 9. The second kappa shape index (κ2) is 17.4. The van der Waals surface area contributed by atoms with Crippen LogP contribution in [0, 0.1) is 52.3 Å². The van der Waals surface area contributed by atoms with Crippen molar-refractivity contribution in [3.05, 3.63) is 0 Å². The number of hydrogen-bond donors (Lipinski definition) is 9. The fourth-order valence-corrected chi connectivity index (χ4v) is 14.6. The predicted octanol–water partition coefficient (Wildman–Crippen LogP) is 0.294. The Kier molecular flexibility index (Phi) is 13.1. The van der Waals surface area contributed by atoms with Gasteiger partial charge >= 0.3 is 0 Å². The van der Waals surface area contributed by atoms with E-state index in [4.69, 9.17) is 37.9 Å².